The molecule has 3 rings (SSSR count). The molecule has 0 radical (unpaired) electrons. The highest BCUT2D eigenvalue weighted by Crippen LogP contribution is 2.11. The highest BCUT2D eigenvalue weighted by Gasteiger charge is 2.20. The molecule has 0 aliphatic heterocycles. The number of nitrogens with zero attached hydrogens (tertiary/aromatic N) is 4. The minimum atomic E-state index is -0.599. The first-order valence-electron chi connectivity index (χ1n) is 7.73. The van der Waals surface area contributed by atoms with E-state index in [-0.39, 0.29) is 11.6 Å². The number of carbonyl (C=O) groups excluding carboxylic acids is 1. The van der Waals surface area contributed by atoms with Gasteiger partial charge >= 0.3 is 0 Å². The first kappa shape index (κ1) is 16.6. The van der Waals surface area contributed by atoms with Gasteiger partial charge in [-0.1, -0.05) is 23.4 Å². The van der Waals surface area contributed by atoms with Gasteiger partial charge < -0.3 is 9.84 Å². The summed E-state index contributed by atoms with van der Waals surface area (Å²) in [7, 11) is 0. The molecule has 2 heterocycles. The molecule has 0 aliphatic rings. The number of carbonyl (C=O) groups is 1. The lowest BCUT2D eigenvalue weighted by Gasteiger charge is -2.12. The van der Waals surface area contributed by atoms with Crippen molar-refractivity contribution in [1.29, 1.82) is 0 Å². The van der Waals surface area contributed by atoms with E-state index in [1.165, 1.54) is 6.07 Å². The summed E-state index contributed by atoms with van der Waals surface area (Å²) < 4.78 is 6.58. The third-order valence-electron chi connectivity index (χ3n) is 3.58. The molecule has 8 nitrogen and oxygen atoms in total. The summed E-state index contributed by atoms with van der Waals surface area (Å²) in [5.41, 5.74) is 0.747. The fourth-order valence-corrected chi connectivity index (χ4v) is 2.35. The number of hydrogen-bond donors (Lipinski definition) is 1. The molecular weight excluding hydrogens is 322 g/mol. The van der Waals surface area contributed by atoms with E-state index in [0.717, 1.165) is 5.69 Å². The molecule has 0 saturated heterocycles. The van der Waals surface area contributed by atoms with E-state index < -0.39 is 17.4 Å². The average molecular weight is 339 g/mol. The van der Waals surface area contributed by atoms with Crippen LogP contribution >= 0.6 is 0 Å². The lowest BCUT2D eigenvalue weighted by molar-refractivity contribution is 0.0924. The highest BCUT2D eigenvalue weighted by molar-refractivity contribution is 5.92. The molecule has 3 aromatic rings. The van der Waals surface area contributed by atoms with Gasteiger partial charge in [-0.25, -0.2) is 4.68 Å². The van der Waals surface area contributed by atoms with Gasteiger partial charge in [0.05, 0.1) is 5.69 Å². The zero-order valence-corrected chi connectivity index (χ0v) is 14.1. The van der Waals surface area contributed by atoms with Gasteiger partial charge in [0.15, 0.2) is 11.5 Å². The molecule has 1 aromatic carbocycles. The van der Waals surface area contributed by atoms with Crippen molar-refractivity contribution in [3.63, 3.8) is 0 Å². The Labute approximate surface area is 143 Å². The SMILES string of the molecule is Cc1noc(C(C)NC(=O)c2nn(-c3ccccc3)c(C)cc2=O)n1. The number of nitrogens with one attached hydrogen (secondary N) is 1. The van der Waals surface area contributed by atoms with Crippen molar-refractivity contribution in [1.82, 2.24) is 25.2 Å². The summed E-state index contributed by atoms with van der Waals surface area (Å²) in [5.74, 6) is 0.135. The van der Waals surface area contributed by atoms with Crippen LogP contribution in [0.25, 0.3) is 5.69 Å². The lowest BCUT2D eigenvalue weighted by atomic mass is 10.2. The smallest absolute Gasteiger partial charge is 0.276 e. The molecule has 1 amide bonds. The molecule has 1 N–H and O–H groups in total. The summed E-state index contributed by atoms with van der Waals surface area (Å²) in [6.07, 6.45) is 0. The Morgan fingerprint density at radius 2 is 1.96 bits per heavy atom. The minimum Gasteiger partial charge on any atom is -0.339 e. The van der Waals surface area contributed by atoms with Crippen molar-refractivity contribution in [2.75, 3.05) is 0 Å². The number of hydrogen-bond acceptors (Lipinski definition) is 6. The van der Waals surface area contributed by atoms with Gasteiger partial charge in [-0.05, 0) is 32.9 Å². The van der Waals surface area contributed by atoms with Crippen LogP contribution in [0.5, 0.6) is 0 Å². The zero-order valence-electron chi connectivity index (χ0n) is 14.1. The Hall–Kier alpha value is -3.29. The quantitative estimate of drug-likeness (QED) is 0.776. The predicted octanol–water partition coefficient (Wildman–Crippen LogP) is 1.72. The van der Waals surface area contributed by atoms with Gasteiger partial charge in [0.1, 0.15) is 6.04 Å². The average Bonchev–Trinajstić information content (AvgIpc) is 3.02. The fourth-order valence-electron chi connectivity index (χ4n) is 2.35. The normalized spacial score (nSPS) is 12.0. The fraction of sp³-hybridized carbons (Fsp3) is 0.235. The predicted molar refractivity (Wildman–Crippen MR) is 89.5 cm³/mol. The van der Waals surface area contributed by atoms with Gasteiger partial charge in [-0.2, -0.15) is 10.1 Å². The summed E-state index contributed by atoms with van der Waals surface area (Å²) >= 11 is 0. The first-order chi connectivity index (χ1) is 12.0. The number of benzene rings is 1. The number of amides is 1. The van der Waals surface area contributed by atoms with E-state index in [9.17, 15) is 9.59 Å². The molecule has 0 aliphatic carbocycles. The van der Waals surface area contributed by atoms with Crippen LogP contribution in [0, 0.1) is 13.8 Å². The molecule has 25 heavy (non-hydrogen) atoms. The number of para-hydroxylation sites is 1. The van der Waals surface area contributed by atoms with E-state index in [2.05, 4.69) is 20.6 Å². The van der Waals surface area contributed by atoms with Crippen molar-refractivity contribution in [3.8, 4) is 5.69 Å². The molecule has 1 unspecified atom stereocenters. The van der Waals surface area contributed by atoms with Gasteiger partial charge in [-0.15, -0.1) is 0 Å². The number of rotatable bonds is 4. The van der Waals surface area contributed by atoms with Gasteiger partial charge in [-0.3, -0.25) is 9.59 Å². The number of aromatic nitrogens is 4. The van der Waals surface area contributed by atoms with Crippen molar-refractivity contribution in [2.45, 2.75) is 26.8 Å². The van der Waals surface area contributed by atoms with E-state index >= 15 is 0 Å². The third kappa shape index (κ3) is 3.47. The molecule has 1 atom stereocenters. The van der Waals surface area contributed by atoms with Gasteiger partial charge in [0.25, 0.3) is 5.91 Å². The van der Waals surface area contributed by atoms with Crippen LogP contribution in [0.4, 0.5) is 0 Å². The standard InChI is InChI=1S/C17H17N5O3/c1-10-9-14(23)15(20-22(10)13-7-5-4-6-8-13)16(24)18-11(2)17-19-12(3)21-25-17/h4-9,11H,1-3H3,(H,18,24). The van der Waals surface area contributed by atoms with E-state index in [1.54, 1.807) is 25.5 Å². The zero-order chi connectivity index (χ0) is 18.0. The summed E-state index contributed by atoms with van der Waals surface area (Å²) in [5, 5.41) is 10.6. The molecule has 2 aromatic heterocycles. The maximum atomic E-state index is 12.5. The second kappa shape index (κ2) is 6.68. The molecular formula is C17H17N5O3. The molecule has 0 bridgehead atoms. The maximum absolute atomic E-state index is 12.5. The van der Waals surface area contributed by atoms with Crippen LogP contribution in [-0.2, 0) is 0 Å². The van der Waals surface area contributed by atoms with Crippen LogP contribution in [0.15, 0.2) is 45.7 Å². The Morgan fingerprint density at radius 3 is 2.60 bits per heavy atom. The molecule has 128 valence electrons. The minimum absolute atomic E-state index is 0.197. The van der Waals surface area contributed by atoms with Crippen LogP contribution in [0.3, 0.4) is 0 Å². The second-order valence-electron chi connectivity index (χ2n) is 5.62. The summed E-state index contributed by atoms with van der Waals surface area (Å²) in [6, 6.07) is 10.1. The van der Waals surface area contributed by atoms with E-state index in [4.69, 9.17) is 4.52 Å². The highest BCUT2D eigenvalue weighted by atomic mass is 16.5. The van der Waals surface area contributed by atoms with E-state index in [1.807, 2.05) is 30.3 Å². The maximum Gasteiger partial charge on any atom is 0.276 e. The second-order valence-corrected chi connectivity index (χ2v) is 5.62. The van der Waals surface area contributed by atoms with Crippen LogP contribution in [0.1, 0.15) is 40.9 Å². The Morgan fingerprint density at radius 1 is 1.24 bits per heavy atom. The van der Waals surface area contributed by atoms with Crippen molar-refractivity contribution >= 4 is 5.91 Å². The Kier molecular flexibility index (Phi) is 4.42. The van der Waals surface area contributed by atoms with Crippen LogP contribution in [0.2, 0.25) is 0 Å². The van der Waals surface area contributed by atoms with Crippen LogP contribution in [-0.4, -0.2) is 25.8 Å². The van der Waals surface area contributed by atoms with Crippen molar-refractivity contribution in [3.05, 3.63) is 69.7 Å². The van der Waals surface area contributed by atoms with Crippen molar-refractivity contribution in [2.24, 2.45) is 0 Å². The largest absolute Gasteiger partial charge is 0.339 e. The lowest BCUT2D eigenvalue weighted by Crippen LogP contribution is -2.33. The van der Waals surface area contributed by atoms with Crippen LogP contribution < -0.4 is 10.7 Å². The topological polar surface area (TPSA) is 103 Å². The monoisotopic (exact) mass is 339 g/mol. The van der Waals surface area contributed by atoms with E-state index in [0.29, 0.717) is 11.5 Å². The number of aryl methyl sites for hydroxylation is 2. The molecule has 0 spiro atoms. The third-order valence-corrected chi connectivity index (χ3v) is 3.58. The summed E-state index contributed by atoms with van der Waals surface area (Å²) in [6.45, 7) is 5.13. The Balaban J connectivity index is 1.91. The molecule has 0 fully saturated rings. The first-order valence-corrected chi connectivity index (χ1v) is 7.73. The Bertz CT molecular complexity index is 962. The van der Waals surface area contributed by atoms with Crippen molar-refractivity contribution < 1.29 is 9.32 Å². The van der Waals surface area contributed by atoms with Gasteiger partial charge in [0.2, 0.25) is 11.3 Å². The summed E-state index contributed by atoms with van der Waals surface area (Å²) in [4.78, 5) is 28.7. The molecule has 8 heteroatoms. The van der Waals surface area contributed by atoms with Gasteiger partial charge in [0, 0.05) is 11.8 Å². The molecule has 0 saturated carbocycles.